The number of hydrogen-bond acceptors (Lipinski definition) is 25. The normalized spacial score (nSPS) is 11.0. The van der Waals surface area contributed by atoms with Gasteiger partial charge in [0.25, 0.3) is 23.6 Å². The van der Waals surface area contributed by atoms with Gasteiger partial charge >= 0.3 is 0 Å². The number of thiazole rings is 4. The number of aromatic nitrogens is 4. The number of nitrogens with one attached hydrogen (secondary N) is 4. The Morgan fingerprint density at radius 1 is 0.323 bits per heavy atom. The number of carbonyl (C=O) groups is 4. The van der Waals surface area contributed by atoms with Crippen molar-refractivity contribution in [2.24, 2.45) is 0 Å². The average Bonchev–Trinajstić information content (AvgIpc) is 1.33. The first-order valence-electron chi connectivity index (χ1n) is 40.0. The number of nitrogens with zero attached hydrogens (tertiary/aromatic N) is 4. The molecular weight excluding hydrogens is 1680 g/mol. The lowest BCUT2D eigenvalue weighted by Gasteiger charge is -2.15. The molecule has 25 nitrogen and oxygen atoms in total. The van der Waals surface area contributed by atoms with Gasteiger partial charge in [-0.3, -0.25) is 40.4 Å². The van der Waals surface area contributed by atoms with Gasteiger partial charge in [0, 0.05) is 52.6 Å². The predicted molar refractivity (Wildman–Crippen MR) is 489 cm³/mol. The second kappa shape index (κ2) is 46.3. The Kier molecular flexibility index (Phi) is 35.7. The Labute approximate surface area is 743 Å². The highest BCUT2D eigenvalue weighted by Crippen LogP contribution is 2.39. The third kappa shape index (κ3) is 31.9. The molecule has 0 atom stereocenters. The Morgan fingerprint density at radius 3 is 0.911 bits per heavy atom. The fourth-order valence-corrected chi connectivity index (χ4v) is 13.8. The minimum absolute atomic E-state index is 0.0203. The maximum Gasteiger partial charge on any atom is 0.257 e. The maximum absolute atomic E-state index is 13.9. The molecule has 12 rings (SSSR count). The molecule has 0 radical (unpaired) electrons. The Hall–Kier alpha value is -12.2. The molecule has 656 valence electrons. The van der Waals surface area contributed by atoms with Gasteiger partial charge in [-0.15, -0.1) is 0 Å². The van der Waals surface area contributed by atoms with Crippen molar-refractivity contribution in [2.45, 2.75) is 186 Å². The Morgan fingerprint density at radius 2 is 0.605 bits per heavy atom. The fourth-order valence-electron chi connectivity index (χ4n) is 10.9. The zero-order chi connectivity index (χ0) is 89.8. The molecule has 0 unspecified atom stereocenters. The van der Waals surface area contributed by atoms with E-state index in [9.17, 15) is 23.6 Å². The average molecular weight is 1790 g/mol. The van der Waals surface area contributed by atoms with Crippen molar-refractivity contribution >= 4 is 101 Å². The lowest BCUT2D eigenvalue weighted by atomic mass is 10.0. The van der Waals surface area contributed by atoms with Gasteiger partial charge < -0.3 is 61.6 Å². The van der Waals surface area contributed by atoms with Crippen LogP contribution >= 0.6 is 56.9 Å². The molecule has 0 bridgehead atoms. The van der Waals surface area contributed by atoms with E-state index in [2.05, 4.69) is 61.1 Å². The highest BCUT2D eigenvalue weighted by molar-refractivity contribution is 7.18. The molecule has 4 heterocycles. The number of anilines is 4. The molecule has 0 saturated carbocycles. The van der Waals surface area contributed by atoms with Crippen molar-refractivity contribution < 1.29 is 85.1 Å². The van der Waals surface area contributed by atoms with E-state index in [1.54, 1.807) is 123 Å². The third-order valence-electron chi connectivity index (χ3n) is 15.7. The van der Waals surface area contributed by atoms with E-state index in [-0.39, 0.29) is 78.2 Å². The number of carbonyl (C=O) groups excluding carboxylic acids is 4. The summed E-state index contributed by atoms with van der Waals surface area (Å²) in [5, 5.41) is 15.3. The number of methoxy groups -OCH3 is 1. The van der Waals surface area contributed by atoms with Crippen LogP contribution in [0.1, 0.15) is 183 Å². The van der Waals surface area contributed by atoms with E-state index < -0.39 is 5.82 Å². The Bertz CT molecular complexity index is 5400. The molecule has 124 heavy (non-hydrogen) atoms. The molecule has 8 aromatic carbocycles. The molecule has 4 N–H and O–H groups in total. The van der Waals surface area contributed by atoms with Crippen molar-refractivity contribution in [2.75, 3.05) is 28.4 Å². The number of benzene rings is 8. The first kappa shape index (κ1) is 95.6. The predicted octanol–water partition coefficient (Wildman–Crippen LogP) is 25.3. The lowest BCUT2D eigenvalue weighted by molar-refractivity contribution is 0.101. The summed E-state index contributed by atoms with van der Waals surface area (Å²) in [5.41, 5.74) is 3.70. The van der Waals surface area contributed by atoms with Gasteiger partial charge in [0.15, 0.2) is 32.1 Å². The van der Waals surface area contributed by atoms with Gasteiger partial charge in [-0.2, -0.15) is 0 Å². The van der Waals surface area contributed by atoms with E-state index in [0.29, 0.717) is 137 Å². The standard InChI is InChI=1S/C25H30N2O4S.C23H25FN2O4S.C23H26N2O5S.C22H23ClN2O4S/c1-15(2)18-8-7-9-20(10-18)31-23-14-26-25(32-23)27-24(28)19-11-21(29-16(3)4)13-22(12-19)30-17(5)6;1-13(2)28-17-9-16(10-18(11-17)29-14(3)4)22(27)26-23-25-12-21(31-23)30-20-8-15(5)6-7-19(20)24;1-14(2)28-19-9-16(10-20(12-19)29-15(3)4)22(26)25-23-24-13-21(31-23)30-18-8-6-7-17(11-18)27-5;1-13(2)27-16-9-15(10-17(11-16)28-14(3)4)21(26)25-22-24-12-20(30-22)29-19-8-6-5-7-18(19)23/h7-17H,1-6H3,(H,26,27,28);6-14H,1-5H3,(H,25,26,27);6-15H,1-5H3,(H,24,25,26);5-14H,1-4H3,(H,24,25,26). The highest BCUT2D eigenvalue weighted by atomic mass is 35.5. The molecule has 0 spiro atoms. The summed E-state index contributed by atoms with van der Waals surface area (Å²) in [4.78, 5) is 68.2. The van der Waals surface area contributed by atoms with Gasteiger partial charge in [0.1, 0.15) is 69.0 Å². The van der Waals surface area contributed by atoms with Gasteiger partial charge in [0.05, 0.1) is 85.8 Å². The third-order valence-corrected chi connectivity index (χ3v) is 19.2. The van der Waals surface area contributed by atoms with Crippen LogP contribution in [0.3, 0.4) is 0 Å². The number of aryl methyl sites for hydroxylation is 1. The number of ether oxygens (including phenoxy) is 13. The summed E-state index contributed by atoms with van der Waals surface area (Å²) in [6.07, 6.45) is 5.89. The summed E-state index contributed by atoms with van der Waals surface area (Å²) >= 11 is 10.9. The molecule has 4 amide bonds. The minimum Gasteiger partial charge on any atom is -0.497 e. The van der Waals surface area contributed by atoms with Crippen LogP contribution in [0.15, 0.2) is 189 Å². The van der Waals surface area contributed by atoms with Crippen molar-refractivity contribution in [3.8, 4) is 95.0 Å². The summed E-state index contributed by atoms with van der Waals surface area (Å²) in [7, 11) is 1.60. The number of hydrogen-bond donors (Lipinski definition) is 4. The molecule has 4 aromatic heterocycles. The van der Waals surface area contributed by atoms with E-state index in [1.807, 2.05) is 166 Å². The van der Waals surface area contributed by atoms with Crippen LogP contribution in [0.4, 0.5) is 24.9 Å². The van der Waals surface area contributed by atoms with E-state index in [4.69, 9.17) is 73.2 Å². The van der Waals surface area contributed by atoms with Gasteiger partial charge in [-0.05, 0) is 232 Å². The lowest BCUT2D eigenvalue weighted by Crippen LogP contribution is -2.14. The zero-order valence-corrected chi connectivity index (χ0v) is 76.7. The van der Waals surface area contributed by atoms with Crippen molar-refractivity contribution in [3.05, 3.63) is 233 Å². The van der Waals surface area contributed by atoms with Crippen LogP contribution in [0.5, 0.6) is 95.0 Å². The molecule has 0 saturated heterocycles. The Balaban J connectivity index is 0.000000187. The second-order valence-electron chi connectivity index (χ2n) is 30.0. The smallest absolute Gasteiger partial charge is 0.257 e. The van der Waals surface area contributed by atoms with Gasteiger partial charge in [-0.25, -0.2) is 24.3 Å². The largest absolute Gasteiger partial charge is 0.497 e. The molecule has 12 aromatic rings. The SMILES string of the molecule is CC(C)Oc1cc(OC(C)C)cc(C(=O)Nc2ncc(Oc3cccc(C(C)C)c3)s2)c1.CC(C)Oc1cc(OC(C)C)cc(C(=O)Nc2ncc(Oc3ccccc3Cl)s2)c1.COc1cccc(Oc2cnc(NC(=O)c3cc(OC(C)C)cc(OC(C)C)c3)s2)c1.Cc1ccc(F)c(Oc2cnc(NC(=O)c3cc(OC(C)C)cc(OC(C)C)c3)s2)c1. The summed E-state index contributed by atoms with van der Waals surface area (Å²) in [5.74, 6) is 5.83. The first-order chi connectivity index (χ1) is 59.0. The maximum atomic E-state index is 13.9. The number of amides is 4. The van der Waals surface area contributed by atoms with Crippen LogP contribution in [0.2, 0.25) is 5.02 Å². The molecule has 0 aliphatic heterocycles. The first-order valence-corrected chi connectivity index (χ1v) is 43.6. The molecular formula is C93H104ClFN8O17S4. The second-order valence-corrected chi connectivity index (χ2v) is 34.4. The van der Waals surface area contributed by atoms with Crippen LogP contribution in [-0.4, -0.2) is 99.5 Å². The quantitative estimate of drug-likeness (QED) is 0.0291. The fraction of sp³-hybridized carbons (Fsp3) is 0.312. The van der Waals surface area contributed by atoms with Crippen LogP contribution in [0, 0.1) is 12.7 Å². The monoisotopic (exact) mass is 1790 g/mol. The van der Waals surface area contributed by atoms with E-state index in [0.717, 1.165) is 22.6 Å². The van der Waals surface area contributed by atoms with Crippen LogP contribution < -0.4 is 82.8 Å². The highest BCUT2D eigenvalue weighted by Gasteiger charge is 2.22. The molecule has 0 fully saturated rings. The van der Waals surface area contributed by atoms with Crippen molar-refractivity contribution in [3.63, 3.8) is 0 Å². The summed E-state index contributed by atoms with van der Waals surface area (Å²) in [6, 6.07) is 47.5. The van der Waals surface area contributed by atoms with Crippen LogP contribution in [-0.2, 0) is 0 Å². The van der Waals surface area contributed by atoms with Crippen LogP contribution in [0.25, 0.3) is 0 Å². The summed E-state index contributed by atoms with van der Waals surface area (Å²) < 4.78 is 88.2. The number of para-hydroxylation sites is 1. The van der Waals surface area contributed by atoms with Gasteiger partial charge in [0.2, 0.25) is 20.3 Å². The molecule has 0 aliphatic carbocycles. The molecule has 31 heteroatoms. The van der Waals surface area contributed by atoms with Gasteiger partial charge in [-0.1, -0.05) is 107 Å². The van der Waals surface area contributed by atoms with Crippen molar-refractivity contribution in [1.29, 1.82) is 0 Å². The number of rotatable bonds is 34. The number of halogens is 2. The van der Waals surface area contributed by atoms with Crippen molar-refractivity contribution in [1.82, 2.24) is 19.9 Å². The van der Waals surface area contributed by atoms with E-state index in [1.165, 1.54) is 58.0 Å². The molecule has 0 aliphatic rings. The topological polar surface area (TPSA) is 288 Å². The minimum atomic E-state index is -0.468. The zero-order valence-electron chi connectivity index (χ0n) is 72.7. The van der Waals surface area contributed by atoms with E-state index >= 15 is 0 Å². The summed E-state index contributed by atoms with van der Waals surface area (Å²) in [6.45, 7) is 36.9.